The number of carboxylic acid groups (broad SMARTS) is 1. The number of aromatic carboxylic acids is 1. The van der Waals surface area contributed by atoms with Gasteiger partial charge in [-0.15, -0.1) is 0 Å². The summed E-state index contributed by atoms with van der Waals surface area (Å²) in [5.74, 6) is -2.16. The summed E-state index contributed by atoms with van der Waals surface area (Å²) in [6, 6.07) is 1.60. The lowest BCUT2D eigenvalue weighted by Gasteiger charge is -2.18. The van der Waals surface area contributed by atoms with Crippen LogP contribution >= 0.6 is 12.6 Å². The molecule has 0 aliphatic heterocycles. The first-order valence-electron chi connectivity index (χ1n) is 10.8. The second-order valence-corrected chi connectivity index (χ2v) is 8.68. The molecule has 176 valence electrons. The number of thiol groups is 1. The van der Waals surface area contributed by atoms with E-state index in [0.717, 1.165) is 25.3 Å². The van der Waals surface area contributed by atoms with Crippen molar-refractivity contribution in [2.45, 2.75) is 59.5 Å². The third-order valence-corrected chi connectivity index (χ3v) is 5.70. The standard InChI is InChI=1S/C23H31F2N3O3S/c1-4-5-6-21-26-10-17(11-27-22(29)16(13-32)7-14(2)3)28(21)12-15-8-20(25)18(23(30)31)9-19(15)24/h8-10,14,16,32H,4-7,11-13H2,1-3H3,(H,27,29)(H,30,31). The van der Waals surface area contributed by atoms with Crippen LogP contribution in [0.4, 0.5) is 8.78 Å². The maximum Gasteiger partial charge on any atom is 0.338 e. The van der Waals surface area contributed by atoms with Gasteiger partial charge in [-0.25, -0.2) is 18.6 Å². The summed E-state index contributed by atoms with van der Waals surface area (Å²) in [7, 11) is 0. The first-order chi connectivity index (χ1) is 15.2. The van der Waals surface area contributed by atoms with Crippen molar-refractivity contribution in [2.24, 2.45) is 11.8 Å². The van der Waals surface area contributed by atoms with Crippen LogP contribution in [0.1, 0.15) is 67.5 Å². The quantitative estimate of drug-likeness (QED) is 0.403. The predicted molar refractivity (Wildman–Crippen MR) is 122 cm³/mol. The minimum atomic E-state index is -1.53. The molecule has 0 aliphatic carbocycles. The molecule has 2 rings (SSSR count). The largest absolute Gasteiger partial charge is 0.478 e. The molecule has 2 aromatic rings. The fraction of sp³-hybridized carbons (Fsp3) is 0.522. The fourth-order valence-corrected chi connectivity index (χ4v) is 3.84. The third kappa shape index (κ3) is 6.79. The average molecular weight is 468 g/mol. The lowest BCUT2D eigenvalue weighted by Crippen LogP contribution is -2.33. The van der Waals surface area contributed by atoms with Crippen molar-refractivity contribution in [1.29, 1.82) is 0 Å². The van der Waals surface area contributed by atoms with Gasteiger partial charge in [-0.1, -0.05) is 27.2 Å². The Kier molecular flexibility index (Phi) is 9.68. The Hall–Kier alpha value is -2.42. The molecule has 1 aromatic heterocycles. The van der Waals surface area contributed by atoms with E-state index < -0.39 is 23.2 Å². The molecule has 2 N–H and O–H groups in total. The summed E-state index contributed by atoms with van der Waals surface area (Å²) in [5.41, 5.74) is -0.0311. The molecule has 32 heavy (non-hydrogen) atoms. The van der Waals surface area contributed by atoms with Crippen molar-refractivity contribution in [3.8, 4) is 0 Å². The first kappa shape index (κ1) is 25.8. The molecule has 0 saturated heterocycles. The number of aryl methyl sites for hydroxylation is 1. The van der Waals surface area contributed by atoms with Crippen LogP contribution in [0.2, 0.25) is 0 Å². The van der Waals surface area contributed by atoms with E-state index in [9.17, 15) is 18.4 Å². The minimum absolute atomic E-state index is 0.0175. The van der Waals surface area contributed by atoms with Gasteiger partial charge in [-0.3, -0.25) is 4.79 Å². The zero-order chi connectivity index (χ0) is 23.8. The summed E-state index contributed by atoms with van der Waals surface area (Å²) in [6.45, 7) is 6.30. The number of carbonyl (C=O) groups excluding carboxylic acids is 1. The number of hydrogen-bond donors (Lipinski definition) is 3. The van der Waals surface area contributed by atoms with Crippen LogP contribution < -0.4 is 5.32 Å². The molecule has 0 fully saturated rings. The van der Waals surface area contributed by atoms with E-state index in [1.54, 1.807) is 10.8 Å². The highest BCUT2D eigenvalue weighted by Gasteiger charge is 2.20. The van der Waals surface area contributed by atoms with Gasteiger partial charge in [-0.05, 0) is 30.9 Å². The van der Waals surface area contributed by atoms with Crippen LogP contribution in [0.15, 0.2) is 18.3 Å². The summed E-state index contributed by atoms with van der Waals surface area (Å²) in [6.07, 6.45) is 4.80. The van der Waals surface area contributed by atoms with Crippen LogP contribution in [0, 0.1) is 23.5 Å². The number of hydrogen-bond acceptors (Lipinski definition) is 4. The van der Waals surface area contributed by atoms with Crippen molar-refractivity contribution >= 4 is 24.5 Å². The molecular weight excluding hydrogens is 436 g/mol. The van der Waals surface area contributed by atoms with E-state index >= 15 is 0 Å². The van der Waals surface area contributed by atoms with Crippen molar-refractivity contribution in [2.75, 3.05) is 5.75 Å². The predicted octanol–water partition coefficient (Wildman–Crippen LogP) is 4.46. The number of benzene rings is 1. The van der Waals surface area contributed by atoms with Crippen molar-refractivity contribution < 1.29 is 23.5 Å². The number of amides is 1. The number of carbonyl (C=O) groups is 2. The van der Waals surface area contributed by atoms with Crippen LogP contribution in [-0.4, -0.2) is 32.3 Å². The number of imidazole rings is 1. The number of unbranched alkanes of at least 4 members (excludes halogenated alkanes) is 1. The lowest BCUT2D eigenvalue weighted by molar-refractivity contribution is -0.124. The maximum absolute atomic E-state index is 14.5. The van der Waals surface area contributed by atoms with E-state index in [4.69, 9.17) is 5.11 Å². The first-order valence-corrected chi connectivity index (χ1v) is 11.4. The Morgan fingerprint density at radius 3 is 2.56 bits per heavy atom. The molecule has 1 amide bonds. The normalized spacial score (nSPS) is 12.2. The number of rotatable bonds is 12. The molecule has 1 heterocycles. The van der Waals surface area contributed by atoms with Gasteiger partial charge in [0.15, 0.2) is 0 Å². The monoisotopic (exact) mass is 467 g/mol. The molecule has 9 heteroatoms. The molecule has 1 atom stereocenters. The van der Waals surface area contributed by atoms with Gasteiger partial charge >= 0.3 is 5.97 Å². The average Bonchev–Trinajstić information content (AvgIpc) is 3.11. The second kappa shape index (κ2) is 12.0. The fourth-order valence-electron chi connectivity index (χ4n) is 3.52. The zero-order valence-electron chi connectivity index (χ0n) is 18.7. The molecule has 1 aromatic carbocycles. The molecule has 0 radical (unpaired) electrons. The van der Waals surface area contributed by atoms with Gasteiger partial charge in [0.05, 0.1) is 30.5 Å². The highest BCUT2D eigenvalue weighted by molar-refractivity contribution is 7.80. The molecule has 1 unspecified atom stereocenters. The highest BCUT2D eigenvalue weighted by Crippen LogP contribution is 2.20. The van der Waals surface area contributed by atoms with Gasteiger partial charge < -0.3 is 15.0 Å². The van der Waals surface area contributed by atoms with E-state index in [2.05, 4.69) is 22.9 Å². The van der Waals surface area contributed by atoms with E-state index in [-0.39, 0.29) is 30.5 Å². The summed E-state index contributed by atoms with van der Waals surface area (Å²) in [4.78, 5) is 28.1. The number of carboxylic acids is 1. The summed E-state index contributed by atoms with van der Waals surface area (Å²) >= 11 is 4.28. The van der Waals surface area contributed by atoms with Gasteiger partial charge in [-0.2, -0.15) is 12.6 Å². The van der Waals surface area contributed by atoms with E-state index in [0.29, 0.717) is 35.7 Å². The number of nitrogens with one attached hydrogen (secondary N) is 1. The molecule has 0 saturated carbocycles. The topological polar surface area (TPSA) is 84.2 Å². The van der Waals surface area contributed by atoms with Gasteiger partial charge in [0, 0.05) is 23.7 Å². The molecule has 0 spiro atoms. The molecule has 0 bridgehead atoms. The Balaban J connectivity index is 2.28. The third-order valence-electron chi connectivity index (χ3n) is 5.26. The van der Waals surface area contributed by atoms with E-state index in [1.165, 1.54) is 0 Å². The number of halogens is 2. The Morgan fingerprint density at radius 2 is 1.97 bits per heavy atom. The van der Waals surface area contributed by atoms with Crippen LogP contribution in [0.5, 0.6) is 0 Å². The minimum Gasteiger partial charge on any atom is -0.478 e. The Labute approximate surface area is 192 Å². The molecular formula is C23H31F2N3O3S. The number of aromatic nitrogens is 2. The highest BCUT2D eigenvalue weighted by atomic mass is 32.1. The van der Waals surface area contributed by atoms with E-state index in [1.807, 2.05) is 20.8 Å². The van der Waals surface area contributed by atoms with Crippen LogP contribution in [-0.2, 0) is 24.3 Å². The van der Waals surface area contributed by atoms with Crippen molar-refractivity contribution in [1.82, 2.24) is 14.9 Å². The SMILES string of the molecule is CCCCc1ncc(CNC(=O)C(CS)CC(C)C)n1Cc1cc(F)c(C(=O)O)cc1F. The number of nitrogens with zero attached hydrogens (tertiary/aromatic N) is 2. The lowest BCUT2D eigenvalue weighted by atomic mass is 9.98. The Morgan fingerprint density at radius 1 is 1.25 bits per heavy atom. The van der Waals surface area contributed by atoms with Gasteiger partial charge in [0.2, 0.25) is 5.91 Å². The maximum atomic E-state index is 14.5. The molecule has 0 aliphatic rings. The van der Waals surface area contributed by atoms with Gasteiger partial charge in [0.1, 0.15) is 17.5 Å². The zero-order valence-corrected chi connectivity index (χ0v) is 19.6. The smallest absolute Gasteiger partial charge is 0.338 e. The summed E-state index contributed by atoms with van der Waals surface area (Å²) in [5, 5.41) is 11.9. The van der Waals surface area contributed by atoms with Crippen LogP contribution in [0.25, 0.3) is 0 Å². The summed E-state index contributed by atoms with van der Waals surface area (Å²) < 4.78 is 30.5. The Bertz CT molecular complexity index is 947. The van der Waals surface area contributed by atoms with Crippen molar-refractivity contribution in [3.63, 3.8) is 0 Å². The molecule has 6 nitrogen and oxygen atoms in total. The van der Waals surface area contributed by atoms with Gasteiger partial charge in [0.25, 0.3) is 0 Å². The second-order valence-electron chi connectivity index (χ2n) is 8.31. The van der Waals surface area contributed by atoms with Crippen LogP contribution in [0.3, 0.4) is 0 Å². The van der Waals surface area contributed by atoms with Crippen molar-refractivity contribution in [3.05, 3.63) is 52.6 Å².